The summed E-state index contributed by atoms with van der Waals surface area (Å²) in [5, 5.41) is 9.15. The molecule has 0 saturated carbocycles. The Labute approximate surface area is 147 Å². The molecule has 3 rings (SSSR count). The quantitative estimate of drug-likeness (QED) is 0.862. The van der Waals surface area contributed by atoms with Crippen molar-refractivity contribution in [1.82, 2.24) is 9.97 Å². The summed E-state index contributed by atoms with van der Waals surface area (Å²) in [6.07, 6.45) is 2.73. The van der Waals surface area contributed by atoms with Gasteiger partial charge in [0.25, 0.3) is 0 Å². The molecule has 0 unspecified atom stereocenters. The van der Waals surface area contributed by atoms with Crippen LogP contribution in [0.3, 0.4) is 0 Å². The van der Waals surface area contributed by atoms with Crippen molar-refractivity contribution in [1.29, 1.82) is 0 Å². The molecule has 2 aromatic rings. The Morgan fingerprint density at radius 1 is 1.28 bits per heavy atom. The Kier molecular flexibility index (Phi) is 5.02. The first-order valence-corrected chi connectivity index (χ1v) is 8.52. The van der Waals surface area contributed by atoms with Crippen LogP contribution in [-0.4, -0.2) is 40.7 Å². The first kappa shape index (κ1) is 17.0. The van der Waals surface area contributed by atoms with Crippen molar-refractivity contribution in [3.8, 4) is 0 Å². The maximum absolute atomic E-state index is 11.1. The fourth-order valence-corrected chi connectivity index (χ4v) is 3.25. The van der Waals surface area contributed by atoms with Crippen LogP contribution in [0.25, 0.3) is 0 Å². The second kappa shape index (κ2) is 7.38. The molecule has 0 spiro atoms. The van der Waals surface area contributed by atoms with Crippen molar-refractivity contribution >= 4 is 29.0 Å². The zero-order chi connectivity index (χ0) is 17.8. The van der Waals surface area contributed by atoms with Gasteiger partial charge in [-0.1, -0.05) is 18.2 Å². The Morgan fingerprint density at radius 3 is 2.56 bits per heavy atom. The molecule has 2 heterocycles. The summed E-state index contributed by atoms with van der Waals surface area (Å²) < 4.78 is 0. The Bertz CT molecular complexity index is 730. The second-order valence-corrected chi connectivity index (χ2v) is 6.11. The number of aromatic nitrogens is 2. The van der Waals surface area contributed by atoms with E-state index in [1.165, 1.54) is 6.33 Å². The lowest BCUT2D eigenvalue weighted by atomic mass is 9.97. The van der Waals surface area contributed by atoms with E-state index < -0.39 is 5.97 Å². The second-order valence-electron chi connectivity index (χ2n) is 6.11. The number of anilines is 4. The molecule has 1 aromatic carbocycles. The standard InChI is InChI=1S/C18H23N5O2/c1-2-23(14-6-4-3-5-7-14)17-15(19)16(20-12-21-17)22-10-8-13(9-11-22)18(24)25/h3-7,12-13H,2,8-11,19H2,1H3,(H,24,25). The lowest BCUT2D eigenvalue weighted by Gasteiger charge is -2.32. The van der Waals surface area contributed by atoms with Crippen LogP contribution in [0.1, 0.15) is 19.8 Å². The highest BCUT2D eigenvalue weighted by molar-refractivity contribution is 5.80. The monoisotopic (exact) mass is 341 g/mol. The van der Waals surface area contributed by atoms with E-state index in [2.05, 4.69) is 14.9 Å². The molecule has 25 heavy (non-hydrogen) atoms. The smallest absolute Gasteiger partial charge is 0.306 e. The first-order chi connectivity index (χ1) is 12.1. The number of aliphatic carboxylic acids is 1. The van der Waals surface area contributed by atoms with E-state index in [0.717, 1.165) is 12.2 Å². The van der Waals surface area contributed by atoms with Gasteiger partial charge in [0, 0.05) is 25.3 Å². The number of carboxylic acids is 1. The van der Waals surface area contributed by atoms with Gasteiger partial charge in [0.05, 0.1) is 5.92 Å². The summed E-state index contributed by atoms with van der Waals surface area (Å²) in [5.74, 6) is 0.356. The van der Waals surface area contributed by atoms with Gasteiger partial charge in [0.1, 0.15) is 12.0 Å². The Morgan fingerprint density at radius 2 is 1.96 bits per heavy atom. The third-order valence-electron chi connectivity index (χ3n) is 4.63. The predicted molar refractivity (Wildman–Crippen MR) is 98.1 cm³/mol. The van der Waals surface area contributed by atoms with Crippen LogP contribution in [-0.2, 0) is 4.79 Å². The SMILES string of the molecule is CCN(c1ccccc1)c1ncnc(N2CCC(C(=O)O)CC2)c1N. The van der Waals surface area contributed by atoms with Gasteiger partial charge in [-0.15, -0.1) is 0 Å². The number of piperidine rings is 1. The van der Waals surface area contributed by atoms with Gasteiger partial charge in [-0.05, 0) is 31.9 Å². The predicted octanol–water partition coefficient (Wildman–Crippen LogP) is 2.52. The van der Waals surface area contributed by atoms with E-state index >= 15 is 0 Å². The number of rotatable bonds is 5. The molecule has 1 saturated heterocycles. The average molecular weight is 341 g/mol. The molecular weight excluding hydrogens is 318 g/mol. The lowest BCUT2D eigenvalue weighted by Crippen LogP contribution is -2.37. The van der Waals surface area contributed by atoms with Gasteiger partial charge in [0.2, 0.25) is 0 Å². The molecule has 0 radical (unpaired) electrons. The maximum atomic E-state index is 11.1. The fraction of sp³-hybridized carbons (Fsp3) is 0.389. The van der Waals surface area contributed by atoms with E-state index in [4.69, 9.17) is 10.8 Å². The Balaban J connectivity index is 1.86. The molecule has 0 aliphatic carbocycles. The third-order valence-corrected chi connectivity index (χ3v) is 4.63. The molecule has 132 valence electrons. The minimum atomic E-state index is -0.725. The van der Waals surface area contributed by atoms with Crippen molar-refractivity contribution < 1.29 is 9.90 Å². The Hall–Kier alpha value is -2.83. The van der Waals surface area contributed by atoms with Gasteiger partial charge in [-0.3, -0.25) is 4.79 Å². The van der Waals surface area contributed by atoms with Crippen LogP contribution >= 0.6 is 0 Å². The number of hydrogen-bond donors (Lipinski definition) is 2. The number of nitrogen functional groups attached to an aromatic ring is 1. The first-order valence-electron chi connectivity index (χ1n) is 8.52. The van der Waals surface area contributed by atoms with Crippen LogP contribution in [0.2, 0.25) is 0 Å². The van der Waals surface area contributed by atoms with Crippen LogP contribution in [0, 0.1) is 5.92 Å². The van der Waals surface area contributed by atoms with Gasteiger partial charge >= 0.3 is 5.97 Å². The van der Waals surface area contributed by atoms with Crippen LogP contribution < -0.4 is 15.5 Å². The van der Waals surface area contributed by atoms with Crippen molar-refractivity contribution in [3.63, 3.8) is 0 Å². The summed E-state index contributed by atoms with van der Waals surface area (Å²) in [5.41, 5.74) is 7.95. The largest absolute Gasteiger partial charge is 0.481 e. The van der Waals surface area contributed by atoms with Crippen LogP contribution in [0.4, 0.5) is 23.0 Å². The summed E-state index contributed by atoms with van der Waals surface area (Å²) in [4.78, 5) is 24.0. The van der Waals surface area contributed by atoms with Crippen molar-refractivity contribution in [2.45, 2.75) is 19.8 Å². The highest BCUT2D eigenvalue weighted by atomic mass is 16.4. The summed E-state index contributed by atoms with van der Waals surface area (Å²) in [6, 6.07) is 9.96. The fourth-order valence-electron chi connectivity index (χ4n) is 3.25. The van der Waals surface area contributed by atoms with E-state index in [0.29, 0.717) is 43.3 Å². The molecule has 1 aliphatic heterocycles. The molecule has 1 aromatic heterocycles. The number of para-hydroxylation sites is 1. The molecule has 0 amide bonds. The summed E-state index contributed by atoms with van der Waals surface area (Å²) in [6.45, 7) is 4.04. The molecular formula is C18H23N5O2. The van der Waals surface area contributed by atoms with Crippen molar-refractivity contribution in [2.75, 3.05) is 35.2 Å². The normalized spacial score (nSPS) is 15.2. The average Bonchev–Trinajstić information content (AvgIpc) is 2.65. The van der Waals surface area contributed by atoms with E-state index in [-0.39, 0.29) is 5.92 Å². The molecule has 3 N–H and O–H groups in total. The number of benzene rings is 1. The van der Waals surface area contributed by atoms with Gasteiger partial charge in [-0.25, -0.2) is 9.97 Å². The molecule has 0 atom stereocenters. The summed E-state index contributed by atoms with van der Waals surface area (Å²) >= 11 is 0. The number of carboxylic acid groups (broad SMARTS) is 1. The molecule has 7 nitrogen and oxygen atoms in total. The minimum Gasteiger partial charge on any atom is -0.481 e. The summed E-state index contributed by atoms with van der Waals surface area (Å²) in [7, 11) is 0. The van der Waals surface area contributed by atoms with Gasteiger partial charge in [0.15, 0.2) is 11.6 Å². The van der Waals surface area contributed by atoms with Crippen LogP contribution in [0.15, 0.2) is 36.7 Å². The van der Waals surface area contributed by atoms with Gasteiger partial charge < -0.3 is 20.6 Å². The zero-order valence-corrected chi connectivity index (χ0v) is 14.3. The molecule has 7 heteroatoms. The van der Waals surface area contributed by atoms with Gasteiger partial charge in [-0.2, -0.15) is 0 Å². The highest BCUT2D eigenvalue weighted by Gasteiger charge is 2.27. The number of nitrogens with zero attached hydrogens (tertiary/aromatic N) is 4. The maximum Gasteiger partial charge on any atom is 0.306 e. The van der Waals surface area contributed by atoms with E-state index in [1.807, 2.05) is 42.2 Å². The van der Waals surface area contributed by atoms with Crippen molar-refractivity contribution in [2.24, 2.45) is 5.92 Å². The highest BCUT2D eigenvalue weighted by Crippen LogP contribution is 2.34. The lowest BCUT2D eigenvalue weighted by molar-refractivity contribution is -0.142. The molecule has 1 fully saturated rings. The molecule has 1 aliphatic rings. The number of nitrogens with two attached hydrogens (primary N) is 1. The van der Waals surface area contributed by atoms with Crippen molar-refractivity contribution in [3.05, 3.63) is 36.7 Å². The zero-order valence-electron chi connectivity index (χ0n) is 14.3. The minimum absolute atomic E-state index is 0.282. The topological polar surface area (TPSA) is 95.6 Å². The molecule has 0 bridgehead atoms. The number of carbonyl (C=O) groups is 1. The van der Waals surface area contributed by atoms with E-state index in [9.17, 15) is 4.79 Å². The van der Waals surface area contributed by atoms with E-state index in [1.54, 1.807) is 0 Å². The third kappa shape index (κ3) is 3.50. The number of hydrogen-bond acceptors (Lipinski definition) is 6. The van der Waals surface area contributed by atoms with Crippen LogP contribution in [0.5, 0.6) is 0 Å².